The zero-order valence-electron chi connectivity index (χ0n) is 14.2. The second-order valence-electron chi connectivity index (χ2n) is 6.34. The lowest BCUT2D eigenvalue weighted by molar-refractivity contribution is 0.232. The van der Waals surface area contributed by atoms with E-state index in [0.29, 0.717) is 5.92 Å². The Labute approximate surface area is 143 Å². The number of ether oxygens (including phenoxy) is 1. The number of carbonyl (C=O) groups is 1. The summed E-state index contributed by atoms with van der Waals surface area (Å²) in [5.74, 6) is 1.35. The van der Waals surface area contributed by atoms with E-state index in [1.165, 1.54) is 0 Å². The second-order valence-corrected chi connectivity index (χ2v) is 6.34. The highest BCUT2D eigenvalue weighted by atomic mass is 16.5. The van der Waals surface area contributed by atoms with Gasteiger partial charge in [0, 0.05) is 0 Å². The molecule has 2 amide bonds. The van der Waals surface area contributed by atoms with Crippen molar-refractivity contribution >= 4 is 6.03 Å². The van der Waals surface area contributed by atoms with E-state index in [1.807, 2.05) is 61.5 Å². The Morgan fingerprint density at radius 3 is 2.25 bits per heavy atom. The van der Waals surface area contributed by atoms with Crippen molar-refractivity contribution in [3.05, 3.63) is 65.7 Å². The summed E-state index contributed by atoms with van der Waals surface area (Å²) in [4.78, 5) is 12.4. The highest BCUT2D eigenvalue weighted by Gasteiger charge is 2.33. The van der Waals surface area contributed by atoms with Gasteiger partial charge < -0.3 is 15.4 Å². The molecule has 1 aliphatic rings. The molecule has 4 nitrogen and oxygen atoms in total. The lowest BCUT2D eigenvalue weighted by Crippen LogP contribution is -2.39. The van der Waals surface area contributed by atoms with Gasteiger partial charge in [0.2, 0.25) is 0 Å². The molecule has 126 valence electrons. The van der Waals surface area contributed by atoms with E-state index in [9.17, 15) is 4.79 Å². The Morgan fingerprint density at radius 2 is 1.67 bits per heavy atom. The van der Waals surface area contributed by atoms with Crippen LogP contribution in [-0.4, -0.2) is 13.1 Å². The van der Waals surface area contributed by atoms with Gasteiger partial charge >= 0.3 is 6.03 Å². The van der Waals surface area contributed by atoms with Crippen molar-refractivity contribution in [1.82, 2.24) is 10.6 Å². The fourth-order valence-corrected chi connectivity index (χ4v) is 2.92. The molecule has 0 heterocycles. The number of benzene rings is 2. The number of rotatable bonds is 6. The summed E-state index contributed by atoms with van der Waals surface area (Å²) in [6.07, 6.45) is 2.32. The third kappa shape index (κ3) is 4.07. The van der Waals surface area contributed by atoms with Crippen LogP contribution in [0.2, 0.25) is 0 Å². The first-order valence-electron chi connectivity index (χ1n) is 8.43. The topological polar surface area (TPSA) is 50.4 Å². The van der Waals surface area contributed by atoms with Gasteiger partial charge in [-0.2, -0.15) is 0 Å². The smallest absolute Gasteiger partial charge is 0.315 e. The molecule has 2 aromatic carbocycles. The molecule has 2 unspecified atom stereocenters. The van der Waals surface area contributed by atoms with E-state index < -0.39 is 0 Å². The Morgan fingerprint density at radius 1 is 1.00 bits per heavy atom. The largest absolute Gasteiger partial charge is 0.497 e. The van der Waals surface area contributed by atoms with Crippen molar-refractivity contribution in [3.63, 3.8) is 0 Å². The van der Waals surface area contributed by atoms with Crippen molar-refractivity contribution < 1.29 is 9.53 Å². The molecule has 0 bridgehead atoms. The summed E-state index contributed by atoms with van der Waals surface area (Å²) in [5, 5.41) is 6.17. The molecule has 3 rings (SSSR count). The molecular weight excluding hydrogens is 300 g/mol. The lowest BCUT2D eigenvalue weighted by Gasteiger charge is -2.21. The van der Waals surface area contributed by atoms with E-state index in [4.69, 9.17) is 4.74 Å². The van der Waals surface area contributed by atoms with Crippen molar-refractivity contribution in [3.8, 4) is 5.75 Å². The van der Waals surface area contributed by atoms with Crippen LogP contribution >= 0.6 is 0 Å². The summed E-state index contributed by atoms with van der Waals surface area (Å²) >= 11 is 0. The predicted molar refractivity (Wildman–Crippen MR) is 95.0 cm³/mol. The van der Waals surface area contributed by atoms with Crippen molar-refractivity contribution in [2.45, 2.75) is 31.8 Å². The molecule has 0 radical (unpaired) electrons. The van der Waals surface area contributed by atoms with E-state index >= 15 is 0 Å². The zero-order chi connectivity index (χ0) is 16.9. The summed E-state index contributed by atoms with van der Waals surface area (Å²) in [6.45, 7) is 1.99. The minimum Gasteiger partial charge on any atom is -0.497 e. The Hall–Kier alpha value is -2.49. The molecule has 24 heavy (non-hydrogen) atoms. The van der Waals surface area contributed by atoms with Crippen LogP contribution in [0.3, 0.4) is 0 Å². The fraction of sp³-hybridized carbons (Fsp3) is 0.350. The molecule has 2 aromatic rings. The number of urea groups is 1. The molecule has 1 saturated carbocycles. The third-order valence-corrected chi connectivity index (χ3v) is 4.50. The lowest BCUT2D eigenvalue weighted by atomic mass is 10.0. The van der Waals surface area contributed by atoms with Crippen molar-refractivity contribution in [2.75, 3.05) is 7.11 Å². The van der Waals surface area contributed by atoms with Gasteiger partial charge in [-0.05, 0) is 48.9 Å². The van der Waals surface area contributed by atoms with E-state index in [-0.39, 0.29) is 18.1 Å². The fourth-order valence-electron chi connectivity index (χ4n) is 2.92. The minimum absolute atomic E-state index is 0.0260. The normalized spacial score (nSPS) is 16.1. The standard InChI is InChI=1S/C20H24N2O2/c1-14(15-6-4-3-5-7-15)21-20(23)22-19(16-8-9-16)17-10-12-18(24-2)13-11-17/h3-7,10-14,16,19H,8-9H2,1-2H3,(H2,21,22,23). The molecule has 0 aliphatic heterocycles. The zero-order valence-corrected chi connectivity index (χ0v) is 14.2. The Kier molecular flexibility index (Phi) is 5.04. The SMILES string of the molecule is COc1ccc(C(NC(=O)NC(C)c2ccccc2)C2CC2)cc1. The third-order valence-electron chi connectivity index (χ3n) is 4.50. The van der Waals surface area contributed by atoms with Gasteiger partial charge in [-0.15, -0.1) is 0 Å². The first kappa shape index (κ1) is 16.4. The van der Waals surface area contributed by atoms with Crippen LogP contribution in [0.1, 0.15) is 43.0 Å². The molecule has 2 N–H and O–H groups in total. The average Bonchev–Trinajstić information content (AvgIpc) is 3.45. The minimum atomic E-state index is -0.126. The Bertz CT molecular complexity index is 666. The number of hydrogen-bond acceptors (Lipinski definition) is 2. The highest BCUT2D eigenvalue weighted by Crippen LogP contribution is 2.41. The van der Waals surface area contributed by atoms with Gasteiger partial charge in [0.05, 0.1) is 19.2 Å². The molecular formula is C20H24N2O2. The first-order chi connectivity index (χ1) is 11.7. The maximum absolute atomic E-state index is 12.4. The van der Waals surface area contributed by atoms with E-state index in [1.54, 1.807) is 7.11 Å². The summed E-state index contributed by atoms with van der Waals surface area (Å²) in [5.41, 5.74) is 2.22. The summed E-state index contributed by atoms with van der Waals surface area (Å²) < 4.78 is 5.21. The van der Waals surface area contributed by atoms with Gasteiger partial charge in [0.25, 0.3) is 0 Å². The van der Waals surface area contributed by atoms with Crippen LogP contribution in [0.25, 0.3) is 0 Å². The second kappa shape index (κ2) is 7.39. The number of carbonyl (C=O) groups excluding carboxylic acids is 1. The number of amides is 2. The highest BCUT2D eigenvalue weighted by molar-refractivity contribution is 5.75. The van der Waals surface area contributed by atoms with Crippen LogP contribution in [-0.2, 0) is 0 Å². The van der Waals surface area contributed by atoms with Crippen LogP contribution in [0, 0.1) is 5.92 Å². The maximum Gasteiger partial charge on any atom is 0.315 e. The van der Waals surface area contributed by atoms with Gasteiger partial charge in [0.1, 0.15) is 5.75 Å². The van der Waals surface area contributed by atoms with Crippen molar-refractivity contribution in [2.24, 2.45) is 5.92 Å². The molecule has 1 aliphatic carbocycles. The van der Waals surface area contributed by atoms with Crippen LogP contribution in [0.4, 0.5) is 4.79 Å². The van der Waals surface area contributed by atoms with Crippen LogP contribution in [0.5, 0.6) is 5.75 Å². The van der Waals surface area contributed by atoms with E-state index in [2.05, 4.69) is 10.6 Å². The van der Waals surface area contributed by atoms with Crippen LogP contribution in [0.15, 0.2) is 54.6 Å². The number of nitrogens with one attached hydrogen (secondary N) is 2. The molecule has 0 saturated heterocycles. The summed E-state index contributed by atoms with van der Waals surface area (Å²) in [7, 11) is 1.66. The van der Waals surface area contributed by atoms with Gasteiger partial charge in [-0.3, -0.25) is 0 Å². The predicted octanol–water partition coefficient (Wildman–Crippen LogP) is 4.21. The Balaban J connectivity index is 1.63. The van der Waals surface area contributed by atoms with Gasteiger partial charge in [-0.1, -0.05) is 42.5 Å². The molecule has 0 spiro atoms. The monoisotopic (exact) mass is 324 g/mol. The first-order valence-corrected chi connectivity index (χ1v) is 8.43. The molecule has 4 heteroatoms. The van der Waals surface area contributed by atoms with Gasteiger partial charge in [-0.25, -0.2) is 4.79 Å². The maximum atomic E-state index is 12.4. The molecule has 2 atom stereocenters. The quantitative estimate of drug-likeness (QED) is 0.836. The average molecular weight is 324 g/mol. The molecule has 0 aromatic heterocycles. The summed E-state index contributed by atoms with van der Waals surface area (Å²) in [6, 6.07) is 17.8. The van der Waals surface area contributed by atoms with E-state index in [0.717, 1.165) is 29.7 Å². The van der Waals surface area contributed by atoms with Gasteiger partial charge in [0.15, 0.2) is 0 Å². The van der Waals surface area contributed by atoms with Crippen LogP contribution < -0.4 is 15.4 Å². The molecule has 1 fully saturated rings. The number of hydrogen-bond donors (Lipinski definition) is 2. The number of methoxy groups -OCH3 is 1. The van der Waals surface area contributed by atoms with Crippen molar-refractivity contribution in [1.29, 1.82) is 0 Å².